The van der Waals surface area contributed by atoms with Crippen LogP contribution in [0.2, 0.25) is 0 Å². The first-order valence-corrected chi connectivity index (χ1v) is 9.03. The fourth-order valence-electron chi connectivity index (χ4n) is 1.85. The van der Waals surface area contributed by atoms with Crippen LogP contribution in [0, 0.1) is 6.92 Å². The van der Waals surface area contributed by atoms with E-state index >= 15 is 0 Å². The lowest BCUT2D eigenvalue weighted by molar-refractivity contribution is 0.498. The Kier molecular flexibility index (Phi) is 6.59. The fraction of sp³-hybridized carbons (Fsp3) is 0.467. The average Bonchev–Trinajstić information content (AvgIpc) is 2.39. The lowest BCUT2D eigenvalue weighted by atomic mass is 10.1. The Morgan fingerprint density at radius 3 is 2.57 bits per heavy atom. The van der Waals surface area contributed by atoms with Crippen molar-refractivity contribution >= 4 is 26.0 Å². The van der Waals surface area contributed by atoms with Crippen LogP contribution in [0.3, 0.4) is 0 Å². The normalized spacial score (nSPS) is 12.1. The van der Waals surface area contributed by atoms with Gasteiger partial charge in [0, 0.05) is 30.7 Å². The molecule has 0 radical (unpaired) electrons. The molecule has 118 valence electrons. The van der Waals surface area contributed by atoms with Gasteiger partial charge in [-0.3, -0.25) is 0 Å². The number of hydrogen-bond acceptors (Lipinski definition) is 3. The highest BCUT2D eigenvalue weighted by Gasteiger charge is 2.23. The molecule has 0 aliphatic rings. The lowest BCUT2D eigenvalue weighted by Gasteiger charge is -2.19. The monoisotopic (exact) mass is 374 g/mol. The highest BCUT2D eigenvalue weighted by atomic mass is 79.9. The molecular weight excluding hydrogens is 352 g/mol. The summed E-state index contributed by atoms with van der Waals surface area (Å²) in [5, 5.41) is 3.30. The number of likely N-dealkylation sites (N-methyl/N-ethyl adjacent to an activating group) is 1. The third kappa shape index (κ3) is 4.64. The number of rotatable bonds is 7. The Bertz CT molecular complexity index is 612. The lowest BCUT2D eigenvalue weighted by Crippen LogP contribution is -2.28. The first kappa shape index (κ1) is 18.4. The van der Waals surface area contributed by atoms with Crippen molar-refractivity contribution in [2.45, 2.75) is 38.3 Å². The second kappa shape index (κ2) is 7.54. The second-order valence-electron chi connectivity index (χ2n) is 5.31. The van der Waals surface area contributed by atoms with Crippen LogP contribution in [0.15, 0.2) is 34.2 Å². The highest BCUT2D eigenvalue weighted by Crippen LogP contribution is 2.27. The first-order valence-electron chi connectivity index (χ1n) is 6.79. The topological polar surface area (TPSA) is 49.4 Å². The van der Waals surface area contributed by atoms with Crippen molar-refractivity contribution in [3.8, 4) is 0 Å². The second-order valence-corrected chi connectivity index (χ2v) is 8.18. The maximum atomic E-state index is 12.6. The van der Waals surface area contributed by atoms with E-state index in [4.69, 9.17) is 0 Å². The number of nitrogens with zero attached hydrogens (tertiary/aromatic N) is 1. The van der Waals surface area contributed by atoms with Crippen molar-refractivity contribution in [3.63, 3.8) is 0 Å². The number of hydrogen-bond donors (Lipinski definition) is 1. The molecule has 21 heavy (non-hydrogen) atoms. The first-order chi connectivity index (χ1) is 9.70. The van der Waals surface area contributed by atoms with Crippen LogP contribution in [-0.2, 0) is 16.6 Å². The van der Waals surface area contributed by atoms with Crippen LogP contribution in [-0.4, -0.2) is 32.4 Å². The van der Waals surface area contributed by atoms with Gasteiger partial charge in [-0.25, -0.2) is 8.42 Å². The zero-order chi connectivity index (χ0) is 16.2. The predicted molar refractivity (Wildman–Crippen MR) is 90.9 cm³/mol. The summed E-state index contributed by atoms with van der Waals surface area (Å²) in [4.78, 5) is 0.335. The van der Waals surface area contributed by atoms with Crippen molar-refractivity contribution in [2.75, 3.05) is 13.6 Å². The van der Waals surface area contributed by atoms with Gasteiger partial charge in [-0.05, 0) is 30.2 Å². The van der Waals surface area contributed by atoms with Crippen molar-refractivity contribution in [3.05, 3.63) is 40.4 Å². The van der Waals surface area contributed by atoms with Crippen LogP contribution >= 0.6 is 15.9 Å². The summed E-state index contributed by atoms with van der Waals surface area (Å²) in [6.45, 7) is 10.4. The maximum Gasteiger partial charge on any atom is 0.243 e. The van der Waals surface area contributed by atoms with Gasteiger partial charge in [0.15, 0.2) is 0 Å². The minimum atomic E-state index is -3.51. The van der Waals surface area contributed by atoms with E-state index < -0.39 is 10.0 Å². The fourth-order valence-corrected chi connectivity index (χ4v) is 3.92. The summed E-state index contributed by atoms with van der Waals surface area (Å²) in [6.07, 6.45) is 1.58. The molecule has 0 fully saturated rings. The summed E-state index contributed by atoms with van der Waals surface area (Å²) in [5.74, 6) is 0. The van der Waals surface area contributed by atoms with E-state index in [9.17, 15) is 8.42 Å². The van der Waals surface area contributed by atoms with Crippen LogP contribution in [0.1, 0.15) is 25.0 Å². The molecule has 1 aromatic rings. The number of sulfonamides is 1. The molecule has 1 N–H and O–H groups in total. The maximum absolute atomic E-state index is 12.6. The Labute approximate surface area is 136 Å². The molecule has 0 bridgehead atoms. The van der Waals surface area contributed by atoms with E-state index in [0.29, 0.717) is 17.5 Å². The van der Waals surface area contributed by atoms with Gasteiger partial charge in [0.25, 0.3) is 0 Å². The predicted octanol–water partition coefficient (Wildman–Crippen LogP) is 3.06. The third-order valence-corrected chi connectivity index (χ3v) is 5.92. The van der Waals surface area contributed by atoms with Gasteiger partial charge in [-0.1, -0.05) is 35.9 Å². The third-order valence-electron chi connectivity index (χ3n) is 3.15. The molecule has 0 aliphatic heterocycles. The van der Waals surface area contributed by atoms with Crippen molar-refractivity contribution < 1.29 is 8.42 Å². The van der Waals surface area contributed by atoms with E-state index in [0.717, 1.165) is 15.6 Å². The minimum Gasteiger partial charge on any atom is -0.310 e. The Morgan fingerprint density at radius 1 is 1.43 bits per heavy atom. The van der Waals surface area contributed by atoms with Gasteiger partial charge < -0.3 is 5.32 Å². The van der Waals surface area contributed by atoms with Gasteiger partial charge >= 0.3 is 0 Å². The Balaban J connectivity index is 3.25. The molecule has 0 aliphatic carbocycles. The van der Waals surface area contributed by atoms with Gasteiger partial charge in [0.05, 0.1) is 4.90 Å². The summed E-state index contributed by atoms with van der Waals surface area (Å²) in [5.41, 5.74) is 1.66. The van der Waals surface area contributed by atoms with Crippen LogP contribution < -0.4 is 5.32 Å². The zero-order valence-electron chi connectivity index (χ0n) is 13.0. The molecule has 0 spiro atoms. The van der Waals surface area contributed by atoms with E-state index in [1.807, 2.05) is 6.07 Å². The van der Waals surface area contributed by atoms with Gasteiger partial charge in [-0.15, -0.1) is 6.58 Å². The standard InChI is InChI=1S/C15H23BrN2O2S/c1-6-7-18(5)21(19,20)15-9-13(10-17-11(2)3)8-14(16)12(15)4/h6,8-9,11,17H,1,7,10H2,2-5H3. The molecule has 4 nitrogen and oxygen atoms in total. The van der Waals surface area contributed by atoms with E-state index in [1.165, 1.54) is 4.31 Å². The average molecular weight is 375 g/mol. The molecule has 6 heteroatoms. The zero-order valence-corrected chi connectivity index (χ0v) is 15.4. The van der Waals surface area contributed by atoms with Crippen molar-refractivity contribution in [1.29, 1.82) is 0 Å². The largest absolute Gasteiger partial charge is 0.310 e. The van der Waals surface area contributed by atoms with Gasteiger partial charge in [0.1, 0.15) is 0 Å². The smallest absolute Gasteiger partial charge is 0.243 e. The SMILES string of the molecule is C=CCN(C)S(=O)(=O)c1cc(CNC(C)C)cc(Br)c1C. The minimum absolute atomic E-state index is 0.286. The summed E-state index contributed by atoms with van der Waals surface area (Å²) in [7, 11) is -1.95. The quantitative estimate of drug-likeness (QED) is 0.746. The summed E-state index contributed by atoms with van der Waals surface area (Å²) >= 11 is 3.45. The Hall–Kier alpha value is -0.690. The van der Waals surface area contributed by atoms with E-state index in [-0.39, 0.29) is 6.54 Å². The van der Waals surface area contributed by atoms with Crippen molar-refractivity contribution in [2.24, 2.45) is 0 Å². The summed E-state index contributed by atoms with van der Waals surface area (Å²) < 4.78 is 27.3. The number of nitrogens with one attached hydrogen (secondary N) is 1. The molecule has 0 saturated carbocycles. The molecule has 1 aromatic carbocycles. The number of benzene rings is 1. The van der Waals surface area contributed by atoms with E-state index in [1.54, 1.807) is 26.1 Å². The molecule has 1 rings (SSSR count). The molecule has 0 unspecified atom stereocenters. The molecule has 0 heterocycles. The summed E-state index contributed by atoms with van der Waals surface area (Å²) in [6, 6.07) is 4.04. The van der Waals surface area contributed by atoms with Crippen LogP contribution in [0.5, 0.6) is 0 Å². The Morgan fingerprint density at radius 2 is 2.05 bits per heavy atom. The highest BCUT2D eigenvalue weighted by molar-refractivity contribution is 9.10. The van der Waals surface area contributed by atoms with Crippen LogP contribution in [0.4, 0.5) is 0 Å². The molecule has 0 amide bonds. The van der Waals surface area contributed by atoms with Gasteiger partial charge in [0.2, 0.25) is 10.0 Å². The van der Waals surface area contributed by atoms with Crippen molar-refractivity contribution in [1.82, 2.24) is 9.62 Å². The number of halogens is 1. The molecular formula is C15H23BrN2O2S. The molecule has 0 atom stereocenters. The molecule has 0 aromatic heterocycles. The van der Waals surface area contributed by atoms with Crippen LogP contribution in [0.25, 0.3) is 0 Å². The van der Waals surface area contributed by atoms with E-state index in [2.05, 4.69) is 41.7 Å². The van der Waals surface area contributed by atoms with Gasteiger partial charge in [-0.2, -0.15) is 4.31 Å². The molecule has 0 saturated heterocycles.